The molecule has 0 radical (unpaired) electrons. The van der Waals surface area contributed by atoms with Gasteiger partial charge in [0.25, 0.3) is 5.91 Å². The van der Waals surface area contributed by atoms with Gasteiger partial charge in [0.15, 0.2) is 0 Å². The highest BCUT2D eigenvalue weighted by atomic mass is 35.5. The highest BCUT2D eigenvalue weighted by Crippen LogP contribution is 2.45. The van der Waals surface area contributed by atoms with Gasteiger partial charge in [0.2, 0.25) is 0 Å². The van der Waals surface area contributed by atoms with Crippen LogP contribution in [0.5, 0.6) is 5.75 Å². The number of nitrogens with one attached hydrogen (secondary N) is 1. The van der Waals surface area contributed by atoms with Crippen molar-refractivity contribution in [1.82, 2.24) is 13.9 Å². The van der Waals surface area contributed by atoms with E-state index in [-0.39, 0.29) is 17.6 Å². The third-order valence-electron chi connectivity index (χ3n) is 6.82. The number of hydrogen-bond acceptors (Lipinski definition) is 5. The molecule has 2 saturated heterocycles. The van der Waals surface area contributed by atoms with Crippen LogP contribution in [0.3, 0.4) is 0 Å². The molecule has 7 nitrogen and oxygen atoms in total. The first-order chi connectivity index (χ1) is 17.2. The first-order valence-electron chi connectivity index (χ1n) is 12.2. The summed E-state index contributed by atoms with van der Waals surface area (Å²) in [6.07, 6.45) is 4.19. The number of likely N-dealkylation sites (tertiary alicyclic amines) is 1. The van der Waals surface area contributed by atoms with Gasteiger partial charge in [-0.15, -0.1) is 0 Å². The van der Waals surface area contributed by atoms with Gasteiger partial charge in [-0.3, -0.25) is 9.69 Å². The van der Waals surface area contributed by atoms with Gasteiger partial charge in [-0.05, 0) is 80.0 Å². The molecule has 1 N–H and O–H groups in total. The molecule has 36 heavy (non-hydrogen) atoms. The lowest BCUT2D eigenvalue weighted by molar-refractivity contribution is 0.0832. The Morgan fingerprint density at radius 2 is 1.75 bits per heavy atom. The molecule has 2 aromatic carbocycles. The summed E-state index contributed by atoms with van der Waals surface area (Å²) in [7, 11) is -3.96. The predicted octanol–water partition coefficient (Wildman–Crippen LogP) is 4.73. The lowest BCUT2D eigenvalue weighted by Gasteiger charge is -2.33. The molecule has 1 saturated carbocycles. The minimum atomic E-state index is -3.96. The molecular formula is C25H28Cl2FN3O4S. The van der Waals surface area contributed by atoms with Crippen molar-refractivity contribution < 1.29 is 22.3 Å². The van der Waals surface area contributed by atoms with E-state index >= 15 is 4.39 Å². The van der Waals surface area contributed by atoms with Crippen LogP contribution in [-0.4, -0.2) is 55.8 Å². The van der Waals surface area contributed by atoms with Gasteiger partial charge in [0.05, 0.1) is 5.56 Å². The molecule has 2 aliphatic heterocycles. The zero-order valence-corrected chi connectivity index (χ0v) is 22.0. The number of ether oxygens (including phenoxy) is 1. The second-order valence-electron chi connectivity index (χ2n) is 9.73. The third kappa shape index (κ3) is 5.97. The Bertz CT molecular complexity index is 1250. The van der Waals surface area contributed by atoms with Crippen LogP contribution >= 0.6 is 23.2 Å². The molecule has 2 heterocycles. The van der Waals surface area contributed by atoms with Gasteiger partial charge in [0, 0.05) is 42.3 Å². The Labute approximate surface area is 220 Å². The van der Waals surface area contributed by atoms with E-state index in [0.29, 0.717) is 42.0 Å². The van der Waals surface area contributed by atoms with Crippen LogP contribution in [0.4, 0.5) is 4.39 Å². The third-order valence-corrected chi connectivity index (χ3v) is 8.75. The Kier molecular flexibility index (Phi) is 7.47. The van der Waals surface area contributed by atoms with E-state index in [4.69, 9.17) is 27.9 Å². The summed E-state index contributed by atoms with van der Waals surface area (Å²) in [6.45, 7) is 2.95. The van der Waals surface area contributed by atoms with Crippen LogP contribution < -0.4 is 9.46 Å². The molecule has 2 aromatic rings. The second kappa shape index (κ2) is 10.5. The number of rotatable bonds is 8. The van der Waals surface area contributed by atoms with Crippen molar-refractivity contribution in [1.29, 1.82) is 0 Å². The highest BCUT2D eigenvalue weighted by molar-refractivity contribution is 7.87. The summed E-state index contributed by atoms with van der Waals surface area (Å²) in [4.78, 5) is 14.9. The van der Waals surface area contributed by atoms with E-state index in [1.54, 1.807) is 6.07 Å². The number of amides is 1. The molecule has 3 aliphatic rings. The first-order valence-corrected chi connectivity index (χ1v) is 14.4. The Balaban J connectivity index is 1.30. The number of carbonyl (C=O) groups excluding carboxylic acids is 1. The number of benzene rings is 2. The van der Waals surface area contributed by atoms with Crippen LogP contribution in [0.1, 0.15) is 59.5 Å². The van der Waals surface area contributed by atoms with E-state index in [1.165, 1.54) is 12.1 Å². The molecule has 0 spiro atoms. The van der Waals surface area contributed by atoms with Crippen LogP contribution in [-0.2, 0) is 16.8 Å². The van der Waals surface area contributed by atoms with Gasteiger partial charge in [-0.2, -0.15) is 12.7 Å². The number of piperidine rings is 1. The summed E-state index contributed by atoms with van der Waals surface area (Å²) < 4.78 is 49.1. The molecule has 0 aromatic heterocycles. The molecule has 0 unspecified atom stereocenters. The normalized spacial score (nSPS) is 21.1. The molecule has 1 atom stereocenters. The monoisotopic (exact) mass is 555 g/mol. The maximum atomic E-state index is 15.0. The first kappa shape index (κ1) is 25.7. The maximum Gasteiger partial charge on any atom is 0.304 e. The fraction of sp³-hybridized carbons (Fsp3) is 0.480. The molecule has 3 fully saturated rings. The quantitative estimate of drug-likeness (QED) is 0.509. The van der Waals surface area contributed by atoms with E-state index in [0.717, 1.165) is 54.1 Å². The Morgan fingerprint density at radius 1 is 1.03 bits per heavy atom. The fourth-order valence-electron chi connectivity index (χ4n) is 4.72. The van der Waals surface area contributed by atoms with E-state index in [1.807, 2.05) is 16.9 Å². The number of carbonyl (C=O) groups is 1. The summed E-state index contributed by atoms with van der Waals surface area (Å²) >= 11 is 12.3. The average Bonchev–Trinajstić information content (AvgIpc) is 3.56. The van der Waals surface area contributed by atoms with Crippen molar-refractivity contribution in [2.45, 2.75) is 50.7 Å². The number of hydrogen-bond donors (Lipinski definition) is 1. The molecule has 11 heteroatoms. The number of halogens is 3. The standard InChI is InChI=1S/C25H28Cl2FN3O4S/c26-18-9-16(10-19(27)11-18)14-30-6-1-3-20(15-30)35-24-13-23(28)22(12-21(24)17-4-5-17)25(32)29-36(33,34)31-7-2-8-31/h9-13,17,20H,1-8,14-15H2,(H,29,32)/t20-/m1/s1. The molecular weight excluding hydrogens is 528 g/mol. The largest absolute Gasteiger partial charge is 0.489 e. The van der Waals surface area contributed by atoms with Crippen LogP contribution in [0.25, 0.3) is 0 Å². The van der Waals surface area contributed by atoms with Crippen molar-refractivity contribution in [3.8, 4) is 5.75 Å². The topological polar surface area (TPSA) is 79.0 Å². The summed E-state index contributed by atoms with van der Waals surface area (Å²) in [5.41, 5.74) is 1.49. The Morgan fingerprint density at radius 3 is 2.39 bits per heavy atom. The zero-order chi connectivity index (χ0) is 25.4. The zero-order valence-electron chi connectivity index (χ0n) is 19.7. The SMILES string of the molecule is O=C(NS(=O)(=O)N1CCC1)c1cc(C2CC2)c(O[C@@H]2CCCN(Cc3cc(Cl)cc(Cl)c3)C2)cc1F. The van der Waals surface area contributed by atoms with Gasteiger partial charge in [-0.1, -0.05) is 23.2 Å². The summed E-state index contributed by atoms with van der Waals surface area (Å²) in [5.74, 6) is -1.16. The lowest BCUT2D eigenvalue weighted by Crippen LogP contribution is -2.49. The molecule has 1 amide bonds. The predicted molar refractivity (Wildman–Crippen MR) is 136 cm³/mol. The lowest BCUT2D eigenvalue weighted by atomic mass is 10.0. The van der Waals surface area contributed by atoms with Gasteiger partial charge in [0.1, 0.15) is 17.7 Å². The van der Waals surface area contributed by atoms with Crippen molar-refractivity contribution in [3.63, 3.8) is 0 Å². The minimum absolute atomic E-state index is 0.142. The molecule has 194 valence electrons. The maximum absolute atomic E-state index is 15.0. The van der Waals surface area contributed by atoms with Crippen molar-refractivity contribution >= 4 is 39.3 Å². The van der Waals surface area contributed by atoms with Gasteiger partial charge < -0.3 is 4.74 Å². The minimum Gasteiger partial charge on any atom is -0.489 e. The second-order valence-corrected chi connectivity index (χ2v) is 12.3. The van der Waals surface area contributed by atoms with Crippen molar-refractivity contribution in [2.75, 3.05) is 26.2 Å². The smallest absolute Gasteiger partial charge is 0.304 e. The summed E-state index contributed by atoms with van der Waals surface area (Å²) in [6, 6.07) is 8.17. The van der Waals surface area contributed by atoms with Crippen molar-refractivity contribution in [3.05, 3.63) is 62.9 Å². The van der Waals surface area contributed by atoms with Crippen molar-refractivity contribution in [2.24, 2.45) is 0 Å². The fourth-order valence-corrected chi connectivity index (χ4v) is 6.50. The summed E-state index contributed by atoms with van der Waals surface area (Å²) in [5, 5.41) is 1.18. The van der Waals surface area contributed by atoms with Crippen LogP contribution in [0, 0.1) is 5.82 Å². The number of nitrogens with zero attached hydrogens (tertiary/aromatic N) is 2. The van der Waals surface area contributed by atoms with Gasteiger partial charge in [-0.25, -0.2) is 9.11 Å². The van der Waals surface area contributed by atoms with Gasteiger partial charge >= 0.3 is 10.2 Å². The molecule has 0 bridgehead atoms. The van der Waals surface area contributed by atoms with Crippen LogP contribution in [0.2, 0.25) is 10.0 Å². The van der Waals surface area contributed by atoms with E-state index in [2.05, 4.69) is 4.90 Å². The Hall–Kier alpha value is -1.91. The average molecular weight is 556 g/mol. The highest BCUT2D eigenvalue weighted by Gasteiger charge is 2.33. The molecule has 1 aliphatic carbocycles. The van der Waals surface area contributed by atoms with E-state index in [9.17, 15) is 13.2 Å². The van der Waals surface area contributed by atoms with E-state index < -0.39 is 21.9 Å². The van der Waals surface area contributed by atoms with Crippen LogP contribution in [0.15, 0.2) is 30.3 Å². The molecule has 5 rings (SSSR count).